The molecule has 0 bridgehead atoms. The normalized spacial score (nSPS) is 12.0. The molecular weight excluding hydrogens is 553 g/mol. The van der Waals surface area contributed by atoms with E-state index in [1.807, 2.05) is 30.3 Å². The summed E-state index contributed by atoms with van der Waals surface area (Å²) in [6.45, 7) is 2.68. The van der Waals surface area contributed by atoms with Gasteiger partial charge in [-0.2, -0.15) is 0 Å². The maximum Gasteiger partial charge on any atom is 0.208 e. The molecule has 5 nitrogen and oxygen atoms in total. The number of thiophene rings is 1. The van der Waals surface area contributed by atoms with Crippen LogP contribution in [0.5, 0.6) is 0 Å². The summed E-state index contributed by atoms with van der Waals surface area (Å²) in [5, 5.41) is 6.85. The summed E-state index contributed by atoms with van der Waals surface area (Å²) in [5.74, 6) is 0.680. The summed E-state index contributed by atoms with van der Waals surface area (Å²) in [5.41, 5.74) is 4.86. The summed E-state index contributed by atoms with van der Waals surface area (Å²) < 4.78 is 28.7. The van der Waals surface area contributed by atoms with Gasteiger partial charge < -0.3 is 9.88 Å². The SMILES string of the molecule is Cc1ccc(Nc2nc3cc(S(C)(=O)=O)ccc3n2Cc2csc3ccc(I)cc23)cc1. The molecule has 162 valence electrons. The monoisotopic (exact) mass is 573 g/mol. The molecule has 0 aliphatic heterocycles. The van der Waals surface area contributed by atoms with E-state index >= 15 is 0 Å². The summed E-state index contributed by atoms with van der Waals surface area (Å²) in [6, 6.07) is 19.8. The van der Waals surface area contributed by atoms with E-state index in [0.29, 0.717) is 18.0 Å². The first-order valence-corrected chi connectivity index (χ1v) is 13.8. The molecule has 8 heteroatoms. The van der Waals surface area contributed by atoms with E-state index in [1.54, 1.807) is 23.5 Å². The van der Waals surface area contributed by atoms with Gasteiger partial charge in [-0.05, 0) is 94.4 Å². The molecule has 5 rings (SSSR count). The van der Waals surface area contributed by atoms with Gasteiger partial charge in [-0.1, -0.05) is 17.7 Å². The molecule has 0 aliphatic rings. The number of anilines is 2. The van der Waals surface area contributed by atoms with Crippen LogP contribution >= 0.6 is 33.9 Å². The van der Waals surface area contributed by atoms with E-state index in [4.69, 9.17) is 4.98 Å². The molecule has 0 fully saturated rings. The van der Waals surface area contributed by atoms with Crippen LogP contribution in [-0.4, -0.2) is 24.2 Å². The van der Waals surface area contributed by atoms with E-state index in [-0.39, 0.29) is 4.90 Å². The number of halogens is 1. The molecule has 0 aliphatic carbocycles. The van der Waals surface area contributed by atoms with Gasteiger partial charge in [0.2, 0.25) is 5.95 Å². The Balaban J connectivity index is 1.65. The summed E-state index contributed by atoms with van der Waals surface area (Å²) in [4.78, 5) is 5.04. The number of benzene rings is 3. The molecule has 0 spiro atoms. The van der Waals surface area contributed by atoms with E-state index in [2.05, 4.69) is 63.0 Å². The third-order valence-corrected chi connectivity index (χ3v) is 8.19. The van der Waals surface area contributed by atoms with Crippen molar-refractivity contribution in [3.05, 3.63) is 80.7 Å². The molecule has 1 N–H and O–H groups in total. The van der Waals surface area contributed by atoms with Crippen LogP contribution in [0.1, 0.15) is 11.1 Å². The van der Waals surface area contributed by atoms with Crippen molar-refractivity contribution < 1.29 is 8.42 Å². The molecular formula is C24H20IN3O2S2. The van der Waals surface area contributed by atoms with Gasteiger partial charge in [0.1, 0.15) is 0 Å². The zero-order valence-electron chi connectivity index (χ0n) is 17.5. The summed E-state index contributed by atoms with van der Waals surface area (Å²) in [6.07, 6.45) is 1.22. The van der Waals surface area contributed by atoms with Crippen LogP contribution in [0, 0.1) is 10.5 Å². The Morgan fingerprint density at radius 1 is 1.06 bits per heavy atom. The molecule has 3 aromatic carbocycles. The molecule has 0 radical (unpaired) electrons. The third kappa shape index (κ3) is 4.14. The smallest absolute Gasteiger partial charge is 0.208 e. The van der Waals surface area contributed by atoms with Gasteiger partial charge in [-0.15, -0.1) is 11.3 Å². The lowest BCUT2D eigenvalue weighted by Crippen LogP contribution is -2.05. The second kappa shape index (κ2) is 8.17. The molecule has 32 heavy (non-hydrogen) atoms. The van der Waals surface area contributed by atoms with E-state index in [9.17, 15) is 8.42 Å². The Hall–Kier alpha value is -2.43. The molecule has 0 unspecified atom stereocenters. The number of aryl methyl sites for hydroxylation is 1. The highest BCUT2D eigenvalue weighted by Crippen LogP contribution is 2.31. The zero-order valence-corrected chi connectivity index (χ0v) is 21.3. The highest BCUT2D eigenvalue weighted by Gasteiger charge is 2.16. The first-order chi connectivity index (χ1) is 15.3. The highest BCUT2D eigenvalue weighted by molar-refractivity contribution is 14.1. The van der Waals surface area contributed by atoms with Crippen LogP contribution in [0.25, 0.3) is 21.1 Å². The van der Waals surface area contributed by atoms with Crippen LogP contribution in [0.3, 0.4) is 0 Å². The molecule has 2 heterocycles. The molecule has 2 aromatic heterocycles. The number of hydrogen-bond donors (Lipinski definition) is 1. The average Bonchev–Trinajstić information content (AvgIpc) is 3.30. The van der Waals surface area contributed by atoms with Crippen molar-refractivity contribution >= 4 is 76.5 Å². The summed E-state index contributed by atoms with van der Waals surface area (Å²) >= 11 is 4.07. The minimum absolute atomic E-state index is 0.270. The Morgan fingerprint density at radius 2 is 1.84 bits per heavy atom. The molecule has 5 aromatic rings. The minimum Gasteiger partial charge on any atom is -0.326 e. The fourth-order valence-corrected chi connectivity index (χ4v) is 5.77. The quantitative estimate of drug-likeness (QED) is 0.249. The van der Waals surface area contributed by atoms with Crippen molar-refractivity contribution in [1.82, 2.24) is 9.55 Å². The first-order valence-electron chi connectivity index (χ1n) is 9.97. The lowest BCUT2D eigenvalue weighted by atomic mass is 10.2. The number of aromatic nitrogens is 2. The van der Waals surface area contributed by atoms with Crippen molar-refractivity contribution in [1.29, 1.82) is 0 Å². The van der Waals surface area contributed by atoms with Crippen molar-refractivity contribution in [2.75, 3.05) is 11.6 Å². The third-order valence-electron chi connectivity index (χ3n) is 5.40. The highest BCUT2D eigenvalue weighted by atomic mass is 127. The van der Waals surface area contributed by atoms with Gasteiger partial charge in [-0.25, -0.2) is 13.4 Å². The van der Waals surface area contributed by atoms with Crippen molar-refractivity contribution in [2.45, 2.75) is 18.4 Å². The number of rotatable bonds is 5. The fraction of sp³-hybridized carbons (Fsp3) is 0.125. The number of fused-ring (bicyclic) bond motifs is 2. The lowest BCUT2D eigenvalue weighted by Gasteiger charge is -2.11. The lowest BCUT2D eigenvalue weighted by molar-refractivity contribution is 0.602. The van der Waals surface area contributed by atoms with Crippen LogP contribution in [0.2, 0.25) is 0 Å². The van der Waals surface area contributed by atoms with Gasteiger partial charge in [0, 0.05) is 20.2 Å². The molecule has 0 amide bonds. The second-order valence-corrected chi connectivity index (χ2v) is 12.0. The van der Waals surface area contributed by atoms with Crippen molar-refractivity contribution in [3.63, 3.8) is 0 Å². The van der Waals surface area contributed by atoms with Crippen LogP contribution < -0.4 is 5.32 Å². The van der Waals surface area contributed by atoms with Gasteiger partial charge in [-0.3, -0.25) is 0 Å². The van der Waals surface area contributed by atoms with Gasteiger partial charge in [0.25, 0.3) is 0 Å². The number of hydrogen-bond acceptors (Lipinski definition) is 5. The van der Waals surface area contributed by atoms with Crippen molar-refractivity contribution in [2.24, 2.45) is 0 Å². The van der Waals surface area contributed by atoms with Gasteiger partial charge >= 0.3 is 0 Å². The Morgan fingerprint density at radius 3 is 2.59 bits per heavy atom. The Labute approximate surface area is 204 Å². The number of nitrogens with one attached hydrogen (secondary N) is 1. The van der Waals surface area contributed by atoms with E-state index < -0.39 is 9.84 Å². The topological polar surface area (TPSA) is 64.0 Å². The summed E-state index contributed by atoms with van der Waals surface area (Å²) in [7, 11) is -3.31. The number of imidazole rings is 1. The number of sulfone groups is 1. The fourth-order valence-electron chi connectivity index (χ4n) is 3.71. The molecule has 0 atom stereocenters. The van der Waals surface area contributed by atoms with Gasteiger partial charge in [0.05, 0.1) is 22.5 Å². The minimum atomic E-state index is -3.31. The van der Waals surface area contributed by atoms with E-state index in [0.717, 1.165) is 11.2 Å². The van der Waals surface area contributed by atoms with Crippen LogP contribution in [0.4, 0.5) is 11.6 Å². The maximum atomic E-state index is 12.1. The van der Waals surface area contributed by atoms with Crippen molar-refractivity contribution in [3.8, 4) is 0 Å². The standard InChI is InChI=1S/C24H20IN3O2S2/c1-15-3-6-18(7-4-15)26-24-27-21-12-19(32(2,29)30)8-9-22(21)28(24)13-16-14-31-23-10-5-17(25)11-20(16)23/h3-12,14H,13H2,1-2H3,(H,26,27). The van der Waals surface area contributed by atoms with E-state index in [1.165, 1.54) is 31.0 Å². The average molecular weight is 573 g/mol. The van der Waals surface area contributed by atoms with Gasteiger partial charge in [0.15, 0.2) is 9.84 Å². The van der Waals surface area contributed by atoms with Crippen LogP contribution in [-0.2, 0) is 16.4 Å². The maximum absolute atomic E-state index is 12.1. The predicted octanol–water partition coefficient (Wildman–Crippen LogP) is 6.36. The molecule has 0 saturated heterocycles. The zero-order chi connectivity index (χ0) is 22.5. The Bertz CT molecular complexity index is 1570. The molecule has 0 saturated carbocycles. The predicted molar refractivity (Wildman–Crippen MR) is 141 cm³/mol. The first kappa shape index (κ1) is 21.4. The second-order valence-electron chi connectivity index (χ2n) is 7.84. The largest absolute Gasteiger partial charge is 0.326 e. The Kier molecular flexibility index (Phi) is 5.47. The van der Waals surface area contributed by atoms with Crippen LogP contribution in [0.15, 0.2) is 70.9 Å². The number of nitrogens with zero attached hydrogens (tertiary/aromatic N) is 2.